The van der Waals surface area contributed by atoms with Crippen molar-refractivity contribution >= 4 is 15.8 Å². The van der Waals surface area contributed by atoms with Crippen LogP contribution in [0.15, 0.2) is 12.4 Å². The van der Waals surface area contributed by atoms with Crippen molar-refractivity contribution in [2.45, 2.75) is 49.9 Å². The Bertz CT molecular complexity index is 659. The molecule has 8 heteroatoms. The summed E-state index contributed by atoms with van der Waals surface area (Å²) >= 11 is 0. The maximum atomic E-state index is 12.8. The lowest BCUT2D eigenvalue weighted by molar-refractivity contribution is 0.206. The maximum absolute atomic E-state index is 12.8. The smallest absolute Gasteiger partial charge is 0.234 e. The first-order valence-electron chi connectivity index (χ1n) is 8.62. The largest absolute Gasteiger partial charge is 0.472 e. The van der Waals surface area contributed by atoms with Crippen molar-refractivity contribution in [1.29, 1.82) is 0 Å². The Kier molecular flexibility index (Phi) is 5.24. The highest BCUT2D eigenvalue weighted by Crippen LogP contribution is 2.29. The highest BCUT2D eigenvalue weighted by molar-refractivity contribution is 7.89. The lowest BCUT2D eigenvalue weighted by atomic mass is 10.0. The standard InChI is InChI=1S/C16H26N4O3S/c1-19(2)15-10-17-11-16(18-15)23-13-8-9-20(12-13)24(21,22)14-6-4-3-5-7-14/h10-11,13-14H,3-9,12H2,1-2H3. The van der Waals surface area contributed by atoms with E-state index in [9.17, 15) is 8.42 Å². The molecule has 0 aromatic carbocycles. The molecule has 1 saturated carbocycles. The number of hydrogen-bond donors (Lipinski definition) is 0. The first kappa shape index (κ1) is 17.4. The van der Waals surface area contributed by atoms with Gasteiger partial charge in [0.25, 0.3) is 0 Å². The van der Waals surface area contributed by atoms with E-state index in [1.165, 1.54) is 0 Å². The second-order valence-electron chi connectivity index (χ2n) is 6.80. The average Bonchev–Trinajstić information content (AvgIpc) is 3.05. The topological polar surface area (TPSA) is 75.6 Å². The first-order chi connectivity index (χ1) is 11.5. The first-order valence-corrected chi connectivity index (χ1v) is 10.1. The molecule has 1 aliphatic carbocycles. The summed E-state index contributed by atoms with van der Waals surface area (Å²) in [6.07, 6.45) is 8.55. The molecule has 0 radical (unpaired) electrons. The predicted octanol–water partition coefficient (Wildman–Crippen LogP) is 1.66. The summed E-state index contributed by atoms with van der Waals surface area (Å²) in [7, 11) is 0.582. The summed E-state index contributed by atoms with van der Waals surface area (Å²) in [5.74, 6) is 1.17. The quantitative estimate of drug-likeness (QED) is 0.800. The van der Waals surface area contributed by atoms with Gasteiger partial charge in [-0.25, -0.2) is 8.42 Å². The van der Waals surface area contributed by atoms with Gasteiger partial charge in [0.05, 0.1) is 24.2 Å². The Morgan fingerprint density at radius 2 is 1.92 bits per heavy atom. The molecule has 2 aliphatic rings. The van der Waals surface area contributed by atoms with Gasteiger partial charge in [0.2, 0.25) is 15.9 Å². The van der Waals surface area contributed by atoms with E-state index < -0.39 is 10.0 Å². The third kappa shape index (κ3) is 3.80. The van der Waals surface area contributed by atoms with Crippen LogP contribution < -0.4 is 9.64 Å². The monoisotopic (exact) mass is 354 g/mol. The zero-order chi connectivity index (χ0) is 17.2. The number of nitrogens with zero attached hydrogens (tertiary/aromatic N) is 4. The van der Waals surface area contributed by atoms with Gasteiger partial charge in [-0.15, -0.1) is 0 Å². The van der Waals surface area contributed by atoms with E-state index in [0.29, 0.717) is 25.4 Å². The summed E-state index contributed by atoms with van der Waals surface area (Å²) in [5, 5.41) is -0.207. The van der Waals surface area contributed by atoms with E-state index in [1.807, 2.05) is 19.0 Å². The van der Waals surface area contributed by atoms with E-state index in [4.69, 9.17) is 4.74 Å². The van der Waals surface area contributed by atoms with E-state index in [2.05, 4.69) is 9.97 Å². The zero-order valence-electron chi connectivity index (χ0n) is 14.4. The van der Waals surface area contributed by atoms with Crippen molar-refractivity contribution in [3.8, 4) is 5.88 Å². The molecule has 1 saturated heterocycles. The molecule has 7 nitrogen and oxygen atoms in total. The van der Waals surface area contributed by atoms with Gasteiger partial charge < -0.3 is 9.64 Å². The Morgan fingerprint density at radius 1 is 1.17 bits per heavy atom. The highest BCUT2D eigenvalue weighted by Gasteiger charge is 2.38. The van der Waals surface area contributed by atoms with Crippen LogP contribution in [0, 0.1) is 0 Å². The molecular formula is C16H26N4O3S. The molecule has 1 atom stereocenters. The van der Waals surface area contributed by atoms with E-state index >= 15 is 0 Å². The van der Waals surface area contributed by atoms with Crippen LogP contribution in [0.4, 0.5) is 5.82 Å². The van der Waals surface area contributed by atoms with Crippen LogP contribution in [0.3, 0.4) is 0 Å². The van der Waals surface area contributed by atoms with Crippen molar-refractivity contribution in [3.63, 3.8) is 0 Å². The van der Waals surface area contributed by atoms with Crippen molar-refractivity contribution < 1.29 is 13.2 Å². The fraction of sp³-hybridized carbons (Fsp3) is 0.750. The minimum Gasteiger partial charge on any atom is -0.472 e. The third-order valence-corrected chi connectivity index (χ3v) is 7.15. The summed E-state index contributed by atoms with van der Waals surface area (Å²) in [6.45, 7) is 0.941. The van der Waals surface area contributed by atoms with Crippen LogP contribution in [-0.4, -0.2) is 61.2 Å². The van der Waals surface area contributed by atoms with Gasteiger partial charge in [-0.3, -0.25) is 4.98 Å². The molecule has 0 N–H and O–H groups in total. The SMILES string of the molecule is CN(C)c1cncc(OC2CCN(S(=O)(=O)C3CCCCC3)C2)n1. The number of ether oxygens (including phenoxy) is 1. The van der Waals surface area contributed by atoms with Crippen molar-refractivity contribution in [3.05, 3.63) is 12.4 Å². The summed E-state index contributed by atoms with van der Waals surface area (Å²) in [6, 6.07) is 0. The molecule has 134 valence electrons. The number of aromatic nitrogens is 2. The van der Waals surface area contributed by atoms with Crippen LogP contribution in [0.5, 0.6) is 5.88 Å². The Morgan fingerprint density at radius 3 is 2.62 bits per heavy atom. The lowest BCUT2D eigenvalue weighted by Gasteiger charge is -2.26. The van der Waals surface area contributed by atoms with Gasteiger partial charge in [0, 0.05) is 20.6 Å². The number of anilines is 1. The molecule has 0 bridgehead atoms. The summed E-state index contributed by atoms with van der Waals surface area (Å²) in [4.78, 5) is 10.4. The molecule has 24 heavy (non-hydrogen) atoms. The molecule has 2 heterocycles. The van der Waals surface area contributed by atoms with Crippen LogP contribution in [0.2, 0.25) is 0 Å². The highest BCUT2D eigenvalue weighted by atomic mass is 32.2. The van der Waals surface area contributed by atoms with Gasteiger partial charge in [0.15, 0.2) is 5.82 Å². The maximum Gasteiger partial charge on any atom is 0.234 e. The second kappa shape index (κ2) is 7.23. The third-order valence-electron chi connectivity index (χ3n) is 4.79. The van der Waals surface area contributed by atoms with E-state index in [1.54, 1.807) is 16.7 Å². The molecule has 1 aromatic rings. The van der Waals surface area contributed by atoms with Crippen LogP contribution >= 0.6 is 0 Å². The molecule has 1 unspecified atom stereocenters. The van der Waals surface area contributed by atoms with Crippen molar-refractivity contribution in [2.75, 3.05) is 32.1 Å². The molecule has 0 spiro atoms. The minimum atomic E-state index is -3.20. The Labute approximate surface area is 144 Å². The molecule has 3 rings (SSSR count). The molecule has 0 amide bonds. The number of sulfonamides is 1. The number of rotatable bonds is 5. The van der Waals surface area contributed by atoms with E-state index in [-0.39, 0.29) is 11.4 Å². The van der Waals surface area contributed by atoms with Crippen LogP contribution in [0.25, 0.3) is 0 Å². The average molecular weight is 354 g/mol. The minimum absolute atomic E-state index is 0.157. The fourth-order valence-electron chi connectivity index (χ4n) is 3.38. The summed E-state index contributed by atoms with van der Waals surface area (Å²) in [5.41, 5.74) is 0. The molecule has 1 aromatic heterocycles. The van der Waals surface area contributed by atoms with Crippen LogP contribution in [0.1, 0.15) is 38.5 Å². The van der Waals surface area contributed by atoms with Crippen LogP contribution in [-0.2, 0) is 10.0 Å². The lowest BCUT2D eigenvalue weighted by Crippen LogP contribution is -2.39. The zero-order valence-corrected chi connectivity index (χ0v) is 15.2. The van der Waals surface area contributed by atoms with Crippen molar-refractivity contribution in [2.24, 2.45) is 0 Å². The second-order valence-corrected chi connectivity index (χ2v) is 9.01. The summed E-state index contributed by atoms with van der Waals surface area (Å²) < 4.78 is 33.0. The Hall–Kier alpha value is -1.41. The van der Waals surface area contributed by atoms with Crippen molar-refractivity contribution in [1.82, 2.24) is 14.3 Å². The van der Waals surface area contributed by atoms with Gasteiger partial charge >= 0.3 is 0 Å². The fourth-order valence-corrected chi connectivity index (χ4v) is 5.46. The Balaban J connectivity index is 1.62. The van der Waals surface area contributed by atoms with E-state index in [0.717, 1.165) is 37.9 Å². The van der Waals surface area contributed by atoms with Gasteiger partial charge in [-0.2, -0.15) is 9.29 Å². The van der Waals surface area contributed by atoms with Gasteiger partial charge in [-0.1, -0.05) is 19.3 Å². The normalized spacial score (nSPS) is 23.3. The number of hydrogen-bond acceptors (Lipinski definition) is 6. The predicted molar refractivity (Wildman–Crippen MR) is 92.8 cm³/mol. The van der Waals surface area contributed by atoms with Gasteiger partial charge in [0.1, 0.15) is 6.10 Å². The van der Waals surface area contributed by atoms with Gasteiger partial charge in [-0.05, 0) is 19.3 Å². The molecular weight excluding hydrogens is 328 g/mol. The molecule has 2 fully saturated rings. The molecule has 1 aliphatic heterocycles.